The van der Waals surface area contributed by atoms with E-state index >= 15 is 0 Å². The first-order chi connectivity index (χ1) is 8.58. The molecule has 1 saturated heterocycles. The van der Waals surface area contributed by atoms with E-state index in [1.165, 1.54) is 0 Å². The fourth-order valence-electron chi connectivity index (χ4n) is 2.32. The Morgan fingerprint density at radius 1 is 1.39 bits per heavy atom. The van der Waals surface area contributed by atoms with Gasteiger partial charge >= 0.3 is 0 Å². The van der Waals surface area contributed by atoms with Crippen LogP contribution in [-0.4, -0.2) is 29.9 Å². The molecule has 1 amide bonds. The molecule has 18 heavy (non-hydrogen) atoms. The van der Waals surface area contributed by atoms with Crippen molar-refractivity contribution in [1.29, 1.82) is 0 Å². The maximum Gasteiger partial charge on any atom is 0.244 e. The third-order valence-corrected chi connectivity index (χ3v) is 3.37. The molecule has 1 heterocycles. The third-order valence-electron chi connectivity index (χ3n) is 3.37. The molecule has 1 atom stereocenters. The van der Waals surface area contributed by atoms with Crippen LogP contribution in [-0.2, 0) is 4.79 Å². The van der Waals surface area contributed by atoms with Gasteiger partial charge in [-0.1, -0.05) is 6.07 Å². The molecule has 4 nitrogen and oxygen atoms in total. The topological polar surface area (TPSA) is 58.4 Å². The van der Waals surface area contributed by atoms with Gasteiger partial charge in [-0.15, -0.1) is 0 Å². The number of aryl methyl sites for hydroxylation is 1. The van der Waals surface area contributed by atoms with Crippen molar-refractivity contribution >= 4 is 17.3 Å². The third kappa shape index (κ3) is 2.75. The minimum atomic E-state index is -0.229. The molecule has 1 unspecified atom stereocenters. The second-order valence-electron chi connectivity index (χ2n) is 4.99. The minimum Gasteiger partial charge on any atom is -0.397 e. The highest BCUT2D eigenvalue weighted by molar-refractivity contribution is 5.85. The van der Waals surface area contributed by atoms with Crippen molar-refractivity contribution in [2.24, 2.45) is 0 Å². The Kier molecular flexibility index (Phi) is 3.75. The highest BCUT2D eigenvalue weighted by Crippen LogP contribution is 2.21. The Morgan fingerprint density at radius 2 is 2.06 bits per heavy atom. The van der Waals surface area contributed by atoms with Crippen LogP contribution in [0.15, 0.2) is 18.2 Å². The van der Waals surface area contributed by atoms with Gasteiger partial charge in [-0.25, -0.2) is 0 Å². The molecule has 0 bridgehead atoms. The van der Waals surface area contributed by atoms with Crippen LogP contribution in [0, 0.1) is 6.92 Å². The summed E-state index contributed by atoms with van der Waals surface area (Å²) in [6, 6.07) is 5.60. The van der Waals surface area contributed by atoms with E-state index in [9.17, 15) is 4.79 Å². The summed E-state index contributed by atoms with van der Waals surface area (Å²) in [4.78, 5) is 14.1. The number of carbonyl (C=O) groups excluding carboxylic acids is 1. The number of nitrogens with one attached hydrogen (secondary N) is 1. The predicted octanol–water partition coefficient (Wildman–Crippen LogP) is 2.00. The van der Waals surface area contributed by atoms with Crippen LogP contribution in [0.5, 0.6) is 0 Å². The first kappa shape index (κ1) is 12.7. The Bertz CT molecular complexity index is 439. The summed E-state index contributed by atoms with van der Waals surface area (Å²) >= 11 is 0. The summed E-state index contributed by atoms with van der Waals surface area (Å²) in [5, 5.41) is 3.20. The first-order valence-corrected chi connectivity index (χ1v) is 6.49. The van der Waals surface area contributed by atoms with Crippen molar-refractivity contribution in [2.45, 2.75) is 32.7 Å². The van der Waals surface area contributed by atoms with Gasteiger partial charge in [0, 0.05) is 13.1 Å². The molecule has 1 fully saturated rings. The molecule has 1 aromatic rings. The summed E-state index contributed by atoms with van der Waals surface area (Å²) in [6.07, 6.45) is 2.23. The summed E-state index contributed by atoms with van der Waals surface area (Å²) in [7, 11) is 0. The number of carbonyl (C=O) groups is 1. The molecule has 1 aliphatic heterocycles. The standard InChI is InChI=1S/C14H21N3O/c1-10-5-6-13(12(15)9-10)16-11(2)14(18)17-7-3-4-8-17/h5-6,9,11,16H,3-4,7-8,15H2,1-2H3. The van der Waals surface area contributed by atoms with E-state index in [0.29, 0.717) is 5.69 Å². The molecule has 4 heteroatoms. The summed E-state index contributed by atoms with van der Waals surface area (Å²) < 4.78 is 0. The Hall–Kier alpha value is -1.71. The van der Waals surface area contributed by atoms with E-state index < -0.39 is 0 Å². The van der Waals surface area contributed by atoms with Gasteiger partial charge in [0.05, 0.1) is 11.4 Å². The molecule has 1 aromatic carbocycles. The van der Waals surface area contributed by atoms with Crippen LogP contribution >= 0.6 is 0 Å². The van der Waals surface area contributed by atoms with Crippen LogP contribution in [0.1, 0.15) is 25.3 Å². The van der Waals surface area contributed by atoms with E-state index in [0.717, 1.165) is 37.2 Å². The van der Waals surface area contributed by atoms with Crippen molar-refractivity contribution < 1.29 is 4.79 Å². The van der Waals surface area contributed by atoms with Crippen molar-refractivity contribution in [3.8, 4) is 0 Å². The van der Waals surface area contributed by atoms with Crippen LogP contribution in [0.25, 0.3) is 0 Å². The molecule has 0 saturated carbocycles. The van der Waals surface area contributed by atoms with E-state index in [1.54, 1.807) is 0 Å². The highest BCUT2D eigenvalue weighted by Gasteiger charge is 2.23. The number of rotatable bonds is 3. The van der Waals surface area contributed by atoms with Gasteiger partial charge in [-0.05, 0) is 44.4 Å². The van der Waals surface area contributed by atoms with Crippen LogP contribution in [0.2, 0.25) is 0 Å². The zero-order valence-corrected chi connectivity index (χ0v) is 11.1. The second kappa shape index (κ2) is 5.29. The lowest BCUT2D eigenvalue weighted by molar-refractivity contribution is -0.130. The molecule has 0 aliphatic carbocycles. The van der Waals surface area contributed by atoms with Gasteiger partial charge in [-0.2, -0.15) is 0 Å². The Labute approximate surface area is 108 Å². The molecule has 1 aliphatic rings. The molecule has 0 spiro atoms. The van der Waals surface area contributed by atoms with Crippen molar-refractivity contribution in [1.82, 2.24) is 4.90 Å². The lowest BCUT2D eigenvalue weighted by atomic mass is 10.1. The van der Waals surface area contributed by atoms with Crippen LogP contribution in [0.3, 0.4) is 0 Å². The van der Waals surface area contributed by atoms with E-state index in [1.807, 2.05) is 36.9 Å². The van der Waals surface area contributed by atoms with Crippen LogP contribution in [0.4, 0.5) is 11.4 Å². The lowest BCUT2D eigenvalue weighted by Gasteiger charge is -2.22. The molecular formula is C14H21N3O. The monoisotopic (exact) mass is 247 g/mol. The zero-order valence-electron chi connectivity index (χ0n) is 11.1. The molecular weight excluding hydrogens is 226 g/mol. The lowest BCUT2D eigenvalue weighted by Crippen LogP contribution is -2.39. The number of nitrogens with zero attached hydrogens (tertiary/aromatic N) is 1. The average molecular weight is 247 g/mol. The first-order valence-electron chi connectivity index (χ1n) is 6.49. The fourth-order valence-corrected chi connectivity index (χ4v) is 2.32. The second-order valence-corrected chi connectivity index (χ2v) is 4.99. The number of hydrogen-bond acceptors (Lipinski definition) is 3. The zero-order chi connectivity index (χ0) is 13.1. The summed E-state index contributed by atoms with van der Waals surface area (Å²) in [5.74, 6) is 0.160. The number of hydrogen-bond donors (Lipinski definition) is 2. The van der Waals surface area contributed by atoms with Crippen LogP contribution < -0.4 is 11.1 Å². The van der Waals surface area contributed by atoms with Crippen molar-refractivity contribution in [3.63, 3.8) is 0 Å². The Morgan fingerprint density at radius 3 is 2.67 bits per heavy atom. The Balaban J connectivity index is 2.01. The smallest absolute Gasteiger partial charge is 0.244 e. The summed E-state index contributed by atoms with van der Waals surface area (Å²) in [5.41, 5.74) is 8.58. The maximum absolute atomic E-state index is 12.2. The van der Waals surface area contributed by atoms with Crippen molar-refractivity contribution in [3.05, 3.63) is 23.8 Å². The maximum atomic E-state index is 12.2. The number of amides is 1. The number of nitrogens with two attached hydrogens (primary N) is 1. The van der Waals surface area contributed by atoms with E-state index in [4.69, 9.17) is 5.73 Å². The summed E-state index contributed by atoms with van der Waals surface area (Å²) in [6.45, 7) is 5.65. The van der Waals surface area contributed by atoms with Gasteiger partial charge < -0.3 is 16.0 Å². The van der Waals surface area contributed by atoms with E-state index in [2.05, 4.69) is 5.32 Å². The largest absolute Gasteiger partial charge is 0.397 e. The molecule has 0 aromatic heterocycles. The number of likely N-dealkylation sites (tertiary alicyclic amines) is 1. The minimum absolute atomic E-state index is 0.160. The quantitative estimate of drug-likeness (QED) is 0.803. The number of nitrogen functional groups attached to an aromatic ring is 1. The number of anilines is 2. The molecule has 2 rings (SSSR count). The van der Waals surface area contributed by atoms with Gasteiger partial charge in [-0.3, -0.25) is 4.79 Å². The molecule has 3 N–H and O–H groups in total. The SMILES string of the molecule is Cc1ccc(NC(C)C(=O)N2CCCC2)c(N)c1. The van der Waals surface area contributed by atoms with Gasteiger partial charge in [0.15, 0.2) is 0 Å². The highest BCUT2D eigenvalue weighted by atomic mass is 16.2. The van der Waals surface area contributed by atoms with Crippen molar-refractivity contribution in [2.75, 3.05) is 24.1 Å². The van der Waals surface area contributed by atoms with Gasteiger partial charge in [0.1, 0.15) is 6.04 Å². The number of benzene rings is 1. The van der Waals surface area contributed by atoms with Gasteiger partial charge in [0.25, 0.3) is 0 Å². The molecule has 98 valence electrons. The predicted molar refractivity (Wildman–Crippen MR) is 74.5 cm³/mol. The van der Waals surface area contributed by atoms with Gasteiger partial charge in [0.2, 0.25) is 5.91 Å². The molecule has 0 radical (unpaired) electrons. The average Bonchev–Trinajstić information content (AvgIpc) is 2.85. The normalized spacial score (nSPS) is 16.7. The fraction of sp³-hybridized carbons (Fsp3) is 0.500. The van der Waals surface area contributed by atoms with E-state index in [-0.39, 0.29) is 11.9 Å².